The third kappa shape index (κ3) is 4.24. The maximum absolute atomic E-state index is 3.42. The van der Waals surface area contributed by atoms with Crippen LogP contribution in [-0.4, -0.2) is 37.1 Å². The van der Waals surface area contributed by atoms with E-state index in [4.69, 9.17) is 0 Å². The molecule has 1 aliphatic carbocycles. The lowest BCUT2D eigenvalue weighted by Crippen LogP contribution is -2.47. The van der Waals surface area contributed by atoms with Gasteiger partial charge in [0.25, 0.3) is 0 Å². The monoisotopic (exact) mass is 252 g/mol. The summed E-state index contributed by atoms with van der Waals surface area (Å²) in [5.74, 6) is 1.05. The van der Waals surface area contributed by atoms with Gasteiger partial charge in [0.15, 0.2) is 0 Å². The summed E-state index contributed by atoms with van der Waals surface area (Å²) in [6, 6.07) is 0.960. The maximum Gasteiger partial charge on any atom is 0.0123 e. The van der Waals surface area contributed by atoms with Gasteiger partial charge in [0.2, 0.25) is 0 Å². The number of nitrogens with one attached hydrogen (secondary N) is 1. The second-order valence-corrected chi connectivity index (χ2v) is 6.20. The Morgan fingerprint density at radius 2 is 1.83 bits per heavy atom. The fraction of sp³-hybridized carbons (Fsp3) is 1.00. The first kappa shape index (κ1) is 14.3. The molecule has 1 saturated carbocycles. The van der Waals surface area contributed by atoms with E-state index < -0.39 is 0 Å². The Balaban J connectivity index is 1.62. The Hall–Kier alpha value is -0.0800. The third-order valence-corrected chi connectivity index (χ3v) is 4.91. The number of nitrogens with zero attached hydrogens (tertiary/aromatic N) is 1. The SMILES string of the molecule is CCNCCCCCN1CCCC2CCCCC21. The minimum Gasteiger partial charge on any atom is -0.317 e. The van der Waals surface area contributed by atoms with E-state index in [2.05, 4.69) is 17.1 Å². The molecule has 0 aromatic heterocycles. The van der Waals surface area contributed by atoms with E-state index in [1.54, 1.807) is 0 Å². The molecule has 1 N–H and O–H groups in total. The minimum atomic E-state index is 0.960. The van der Waals surface area contributed by atoms with Crippen molar-refractivity contribution in [3.05, 3.63) is 0 Å². The quantitative estimate of drug-likeness (QED) is 0.698. The minimum absolute atomic E-state index is 0.960. The van der Waals surface area contributed by atoms with Crippen LogP contribution in [0.2, 0.25) is 0 Å². The van der Waals surface area contributed by atoms with Crippen LogP contribution in [0, 0.1) is 5.92 Å². The van der Waals surface area contributed by atoms with Crippen LogP contribution in [0.1, 0.15) is 64.7 Å². The summed E-state index contributed by atoms with van der Waals surface area (Å²) >= 11 is 0. The Labute approximate surface area is 114 Å². The lowest BCUT2D eigenvalue weighted by atomic mass is 9.78. The Bertz CT molecular complexity index is 215. The highest BCUT2D eigenvalue weighted by atomic mass is 15.2. The molecule has 0 spiro atoms. The van der Waals surface area contributed by atoms with E-state index in [-0.39, 0.29) is 0 Å². The molecule has 2 aliphatic rings. The average molecular weight is 252 g/mol. The van der Waals surface area contributed by atoms with Crippen LogP contribution in [0.4, 0.5) is 0 Å². The summed E-state index contributed by atoms with van der Waals surface area (Å²) in [6.07, 6.45) is 13.1. The van der Waals surface area contributed by atoms with Crippen LogP contribution in [0.25, 0.3) is 0 Å². The second kappa shape index (κ2) is 8.16. The molecular weight excluding hydrogens is 220 g/mol. The van der Waals surface area contributed by atoms with Gasteiger partial charge >= 0.3 is 0 Å². The predicted molar refractivity (Wildman–Crippen MR) is 78.9 cm³/mol. The van der Waals surface area contributed by atoms with E-state index in [0.717, 1.165) is 18.5 Å². The third-order valence-electron chi connectivity index (χ3n) is 4.91. The Morgan fingerprint density at radius 3 is 2.72 bits per heavy atom. The molecule has 2 rings (SSSR count). The number of rotatable bonds is 7. The van der Waals surface area contributed by atoms with Gasteiger partial charge in [-0.15, -0.1) is 0 Å². The van der Waals surface area contributed by atoms with Crippen molar-refractivity contribution in [1.82, 2.24) is 10.2 Å². The van der Waals surface area contributed by atoms with Gasteiger partial charge < -0.3 is 10.2 Å². The highest BCUT2D eigenvalue weighted by molar-refractivity contribution is 4.87. The molecule has 0 aromatic carbocycles. The number of likely N-dealkylation sites (tertiary alicyclic amines) is 1. The van der Waals surface area contributed by atoms with Crippen molar-refractivity contribution in [2.24, 2.45) is 5.92 Å². The van der Waals surface area contributed by atoms with Crippen molar-refractivity contribution in [2.45, 2.75) is 70.8 Å². The van der Waals surface area contributed by atoms with Crippen LogP contribution < -0.4 is 5.32 Å². The number of piperidine rings is 1. The topological polar surface area (TPSA) is 15.3 Å². The maximum atomic E-state index is 3.42. The Kier molecular flexibility index (Phi) is 6.50. The van der Waals surface area contributed by atoms with Gasteiger partial charge in [0, 0.05) is 6.04 Å². The van der Waals surface area contributed by atoms with Gasteiger partial charge in [-0.25, -0.2) is 0 Å². The normalized spacial score (nSPS) is 29.2. The molecule has 1 aliphatic heterocycles. The molecule has 0 amide bonds. The average Bonchev–Trinajstić information content (AvgIpc) is 2.43. The highest BCUT2D eigenvalue weighted by Gasteiger charge is 2.32. The van der Waals surface area contributed by atoms with Crippen LogP contribution in [0.3, 0.4) is 0 Å². The molecule has 0 bridgehead atoms. The molecule has 2 heteroatoms. The van der Waals surface area contributed by atoms with Crippen LogP contribution in [0.5, 0.6) is 0 Å². The van der Waals surface area contributed by atoms with Crippen molar-refractivity contribution in [2.75, 3.05) is 26.2 Å². The first-order valence-corrected chi connectivity index (χ1v) is 8.36. The van der Waals surface area contributed by atoms with E-state index >= 15 is 0 Å². The number of fused-ring (bicyclic) bond motifs is 1. The zero-order valence-electron chi connectivity index (χ0n) is 12.3. The smallest absolute Gasteiger partial charge is 0.0123 e. The summed E-state index contributed by atoms with van der Waals surface area (Å²) in [5, 5.41) is 3.42. The van der Waals surface area contributed by atoms with Gasteiger partial charge in [-0.05, 0) is 70.6 Å². The predicted octanol–water partition coefficient (Wildman–Crippen LogP) is 3.42. The van der Waals surface area contributed by atoms with E-state index in [9.17, 15) is 0 Å². The van der Waals surface area contributed by atoms with E-state index in [0.29, 0.717) is 0 Å². The van der Waals surface area contributed by atoms with E-state index in [1.807, 2.05) is 0 Å². The lowest BCUT2D eigenvalue weighted by molar-refractivity contribution is 0.0596. The van der Waals surface area contributed by atoms with Gasteiger partial charge in [-0.1, -0.05) is 26.2 Å². The largest absolute Gasteiger partial charge is 0.317 e. The molecule has 2 nitrogen and oxygen atoms in total. The van der Waals surface area contributed by atoms with E-state index in [1.165, 1.54) is 77.4 Å². The van der Waals surface area contributed by atoms with Crippen molar-refractivity contribution >= 4 is 0 Å². The van der Waals surface area contributed by atoms with Gasteiger partial charge in [0.1, 0.15) is 0 Å². The molecule has 2 fully saturated rings. The van der Waals surface area contributed by atoms with Crippen molar-refractivity contribution in [1.29, 1.82) is 0 Å². The molecular formula is C16H32N2. The number of hydrogen-bond acceptors (Lipinski definition) is 2. The number of unbranched alkanes of at least 4 members (excludes halogenated alkanes) is 2. The summed E-state index contributed by atoms with van der Waals surface area (Å²) in [6.45, 7) is 7.27. The summed E-state index contributed by atoms with van der Waals surface area (Å²) < 4.78 is 0. The van der Waals surface area contributed by atoms with Crippen molar-refractivity contribution in [3.63, 3.8) is 0 Å². The molecule has 1 saturated heterocycles. The van der Waals surface area contributed by atoms with Crippen LogP contribution >= 0.6 is 0 Å². The molecule has 2 unspecified atom stereocenters. The molecule has 0 radical (unpaired) electrons. The molecule has 106 valence electrons. The second-order valence-electron chi connectivity index (χ2n) is 6.20. The molecule has 1 heterocycles. The Morgan fingerprint density at radius 1 is 1.00 bits per heavy atom. The fourth-order valence-electron chi connectivity index (χ4n) is 3.92. The van der Waals surface area contributed by atoms with Gasteiger partial charge in [-0.3, -0.25) is 0 Å². The van der Waals surface area contributed by atoms with Crippen LogP contribution in [-0.2, 0) is 0 Å². The standard InChI is InChI=1S/C16H32N2/c1-2-17-12-6-3-7-13-18-14-8-10-15-9-4-5-11-16(15)18/h15-17H,2-14H2,1H3. The fourth-order valence-corrected chi connectivity index (χ4v) is 3.92. The summed E-state index contributed by atoms with van der Waals surface area (Å²) in [7, 11) is 0. The zero-order valence-corrected chi connectivity index (χ0v) is 12.3. The van der Waals surface area contributed by atoms with Crippen LogP contribution in [0.15, 0.2) is 0 Å². The molecule has 0 aromatic rings. The first-order valence-electron chi connectivity index (χ1n) is 8.36. The lowest BCUT2D eigenvalue weighted by Gasteiger charge is -2.44. The zero-order chi connectivity index (χ0) is 12.6. The first-order chi connectivity index (χ1) is 8.92. The number of hydrogen-bond donors (Lipinski definition) is 1. The molecule has 2 atom stereocenters. The summed E-state index contributed by atoms with van der Waals surface area (Å²) in [4.78, 5) is 2.83. The van der Waals surface area contributed by atoms with Gasteiger partial charge in [0.05, 0.1) is 0 Å². The van der Waals surface area contributed by atoms with Gasteiger partial charge in [-0.2, -0.15) is 0 Å². The van der Waals surface area contributed by atoms with Crippen molar-refractivity contribution < 1.29 is 0 Å². The summed E-state index contributed by atoms with van der Waals surface area (Å²) in [5.41, 5.74) is 0. The highest BCUT2D eigenvalue weighted by Crippen LogP contribution is 2.35. The molecule has 18 heavy (non-hydrogen) atoms. The van der Waals surface area contributed by atoms with Crippen molar-refractivity contribution in [3.8, 4) is 0 Å².